The number of methoxy groups -OCH3 is 1. The molecule has 9 heteroatoms. The molecule has 1 aromatic carbocycles. The Labute approximate surface area is 111 Å². The van der Waals surface area contributed by atoms with E-state index in [2.05, 4.69) is 4.74 Å². The standard InChI is InChI=1S/C11H11F3N2O4/c1-20-10(17)8(15)5-6-4-7(11(12,13)14)2-3-9(6)16(18)19/h2-4,8H,5,15H2,1H3/t8-/m0/s1. The topological polar surface area (TPSA) is 95.5 Å². The van der Waals surface area contributed by atoms with E-state index in [1.54, 1.807) is 0 Å². The van der Waals surface area contributed by atoms with Crippen molar-refractivity contribution in [2.24, 2.45) is 5.73 Å². The first-order valence-corrected chi connectivity index (χ1v) is 5.34. The molecular weight excluding hydrogens is 281 g/mol. The van der Waals surface area contributed by atoms with E-state index in [1.165, 1.54) is 0 Å². The van der Waals surface area contributed by atoms with E-state index >= 15 is 0 Å². The van der Waals surface area contributed by atoms with Gasteiger partial charge in [0.05, 0.1) is 17.6 Å². The number of nitrogens with two attached hydrogens (primary N) is 1. The van der Waals surface area contributed by atoms with Crippen molar-refractivity contribution in [1.29, 1.82) is 0 Å². The van der Waals surface area contributed by atoms with Crippen LogP contribution in [0.3, 0.4) is 0 Å². The zero-order valence-corrected chi connectivity index (χ0v) is 10.3. The van der Waals surface area contributed by atoms with Gasteiger partial charge in [-0.25, -0.2) is 0 Å². The normalized spacial score (nSPS) is 12.8. The summed E-state index contributed by atoms with van der Waals surface area (Å²) in [6.07, 6.45) is -5.06. The number of halogens is 3. The van der Waals surface area contributed by atoms with E-state index < -0.39 is 40.8 Å². The second-order valence-corrected chi connectivity index (χ2v) is 3.93. The molecule has 0 aliphatic carbocycles. The number of rotatable bonds is 4. The van der Waals surface area contributed by atoms with E-state index in [-0.39, 0.29) is 5.56 Å². The summed E-state index contributed by atoms with van der Waals surface area (Å²) in [6.45, 7) is 0. The number of hydrogen-bond donors (Lipinski definition) is 1. The molecule has 0 aliphatic heterocycles. The molecule has 110 valence electrons. The summed E-state index contributed by atoms with van der Waals surface area (Å²) in [5.41, 5.74) is 3.56. The lowest BCUT2D eigenvalue weighted by molar-refractivity contribution is -0.385. The predicted octanol–water partition coefficient (Wildman–Crippen LogP) is 1.66. The molecule has 0 saturated carbocycles. The van der Waals surface area contributed by atoms with Crippen molar-refractivity contribution in [2.75, 3.05) is 7.11 Å². The number of nitro groups is 1. The smallest absolute Gasteiger partial charge is 0.416 e. The van der Waals surface area contributed by atoms with Crippen molar-refractivity contribution in [1.82, 2.24) is 0 Å². The van der Waals surface area contributed by atoms with Crippen LogP contribution in [0, 0.1) is 10.1 Å². The monoisotopic (exact) mass is 292 g/mol. The Balaban J connectivity index is 3.19. The van der Waals surface area contributed by atoms with Crippen molar-refractivity contribution in [3.8, 4) is 0 Å². The van der Waals surface area contributed by atoms with Gasteiger partial charge in [0.25, 0.3) is 5.69 Å². The quantitative estimate of drug-likeness (QED) is 0.517. The van der Waals surface area contributed by atoms with Crippen LogP contribution in [0.1, 0.15) is 11.1 Å². The van der Waals surface area contributed by atoms with Gasteiger partial charge in [-0.15, -0.1) is 0 Å². The lowest BCUT2D eigenvalue weighted by Gasteiger charge is -2.12. The molecule has 1 aromatic rings. The molecule has 0 spiro atoms. The third-order valence-electron chi connectivity index (χ3n) is 2.55. The molecule has 0 fully saturated rings. The highest BCUT2D eigenvalue weighted by molar-refractivity contribution is 5.76. The lowest BCUT2D eigenvalue weighted by atomic mass is 10.0. The van der Waals surface area contributed by atoms with E-state index in [1.807, 2.05) is 0 Å². The van der Waals surface area contributed by atoms with Gasteiger partial charge in [-0.3, -0.25) is 14.9 Å². The van der Waals surface area contributed by atoms with Crippen molar-refractivity contribution < 1.29 is 27.6 Å². The number of carbonyl (C=O) groups is 1. The van der Waals surface area contributed by atoms with Crippen LogP contribution in [0.25, 0.3) is 0 Å². The van der Waals surface area contributed by atoms with Gasteiger partial charge >= 0.3 is 12.1 Å². The van der Waals surface area contributed by atoms with Crippen molar-refractivity contribution >= 4 is 11.7 Å². The van der Waals surface area contributed by atoms with Gasteiger partial charge in [0.1, 0.15) is 6.04 Å². The van der Waals surface area contributed by atoms with Gasteiger partial charge in [0.15, 0.2) is 0 Å². The summed E-state index contributed by atoms with van der Waals surface area (Å²) in [5, 5.41) is 10.8. The third kappa shape index (κ3) is 3.67. The van der Waals surface area contributed by atoms with Crippen LogP contribution in [-0.4, -0.2) is 24.0 Å². The van der Waals surface area contributed by atoms with Gasteiger partial charge in [-0.05, 0) is 12.1 Å². The second-order valence-electron chi connectivity index (χ2n) is 3.93. The highest BCUT2D eigenvalue weighted by Crippen LogP contribution is 2.32. The Bertz CT molecular complexity index is 531. The number of alkyl halides is 3. The maximum Gasteiger partial charge on any atom is 0.416 e. The number of carbonyl (C=O) groups excluding carboxylic acids is 1. The Morgan fingerprint density at radius 2 is 2.10 bits per heavy atom. The largest absolute Gasteiger partial charge is 0.468 e. The first-order valence-electron chi connectivity index (χ1n) is 5.34. The Kier molecular flexibility index (Phi) is 4.66. The summed E-state index contributed by atoms with van der Waals surface area (Å²) in [4.78, 5) is 21.1. The average Bonchev–Trinajstić information content (AvgIpc) is 2.36. The summed E-state index contributed by atoms with van der Waals surface area (Å²) < 4.78 is 42.0. The van der Waals surface area contributed by atoms with Crippen LogP contribution in [0.15, 0.2) is 18.2 Å². The van der Waals surface area contributed by atoms with Crippen LogP contribution in [0.2, 0.25) is 0 Å². The molecule has 0 amide bonds. The fraction of sp³-hybridized carbons (Fsp3) is 0.364. The van der Waals surface area contributed by atoms with Gasteiger partial charge < -0.3 is 10.5 Å². The minimum Gasteiger partial charge on any atom is -0.468 e. The van der Waals surface area contributed by atoms with Crippen LogP contribution < -0.4 is 5.73 Å². The van der Waals surface area contributed by atoms with E-state index in [9.17, 15) is 28.1 Å². The van der Waals surface area contributed by atoms with Crippen molar-refractivity contribution in [3.05, 3.63) is 39.4 Å². The van der Waals surface area contributed by atoms with Gasteiger partial charge in [-0.1, -0.05) is 0 Å². The molecule has 0 heterocycles. The highest BCUT2D eigenvalue weighted by atomic mass is 19.4. The van der Waals surface area contributed by atoms with Gasteiger partial charge in [0, 0.05) is 18.1 Å². The zero-order chi connectivity index (χ0) is 15.5. The number of nitrogens with zero attached hydrogens (tertiary/aromatic N) is 1. The van der Waals surface area contributed by atoms with E-state index in [0.717, 1.165) is 13.2 Å². The number of ether oxygens (including phenoxy) is 1. The summed E-state index contributed by atoms with van der Waals surface area (Å²) in [6, 6.07) is 0.677. The molecule has 0 aromatic heterocycles. The molecule has 0 unspecified atom stereocenters. The van der Waals surface area contributed by atoms with Gasteiger partial charge in [-0.2, -0.15) is 13.2 Å². The molecule has 6 nitrogen and oxygen atoms in total. The lowest BCUT2D eigenvalue weighted by Crippen LogP contribution is -2.33. The van der Waals surface area contributed by atoms with Crippen LogP contribution >= 0.6 is 0 Å². The van der Waals surface area contributed by atoms with Crippen molar-refractivity contribution in [2.45, 2.75) is 18.6 Å². The predicted molar refractivity (Wildman–Crippen MR) is 61.8 cm³/mol. The Hall–Kier alpha value is -2.16. The van der Waals surface area contributed by atoms with E-state index in [4.69, 9.17) is 5.73 Å². The molecule has 0 bridgehead atoms. The Morgan fingerprint density at radius 1 is 1.50 bits per heavy atom. The van der Waals surface area contributed by atoms with Crippen LogP contribution in [-0.2, 0) is 22.1 Å². The number of nitro benzene ring substituents is 1. The molecule has 0 aliphatic rings. The number of esters is 1. The summed E-state index contributed by atoms with van der Waals surface area (Å²) in [7, 11) is 1.06. The molecule has 20 heavy (non-hydrogen) atoms. The molecule has 0 radical (unpaired) electrons. The molecule has 1 rings (SSSR count). The maximum atomic E-state index is 12.6. The minimum atomic E-state index is -4.64. The average molecular weight is 292 g/mol. The van der Waals surface area contributed by atoms with Crippen LogP contribution in [0.4, 0.5) is 18.9 Å². The van der Waals surface area contributed by atoms with E-state index in [0.29, 0.717) is 12.1 Å². The fourth-order valence-electron chi connectivity index (χ4n) is 1.58. The minimum absolute atomic E-state index is 0.275. The first kappa shape index (κ1) is 15.9. The second kappa shape index (κ2) is 5.87. The third-order valence-corrected chi connectivity index (χ3v) is 2.55. The first-order chi connectivity index (χ1) is 9.16. The zero-order valence-electron chi connectivity index (χ0n) is 10.3. The SMILES string of the molecule is COC(=O)[C@@H](N)Cc1cc(C(F)(F)F)ccc1[N+](=O)[O-]. The number of hydrogen-bond acceptors (Lipinski definition) is 5. The van der Waals surface area contributed by atoms with Crippen molar-refractivity contribution in [3.63, 3.8) is 0 Å². The number of benzene rings is 1. The van der Waals surface area contributed by atoms with Gasteiger partial charge in [0.2, 0.25) is 0 Å². The Morgan fingerprint density at radius 3 is 2.55 bits per heavy atom. The molecular formula is C11H11F3N2O4. The molecule has 1 atom stereocenters. The maximum absolute atomic E-state index is 12.6. The highest BCUT2D eigenvalue weighted by Gasteiger charge is 2.33. The summed E-state index contributed by atoms with van der Waals surface area (Å²) >= 11 is 0. The van der Waals surface area contributed by atoms with Crippen LogP contribution in [0.5, 0.6) is 0 Å². The molecule has 2 N–H and O–H groups in total. The summed E-state index contributed by atoms with van der Waals surface area (Å²) in [5.74, 6) is -0.864. The molecule has 0 saturated heterocycles. The fourth-order valence-corrected chi connectivity index (χ4v) is 1.58.